The monoisotopic (exact) mass is 304 g/mol. The molecule has 1 aromatic carbocycles. The minimum Gasteiger partial charge on any atom is -0.492 e. The average molecular weight is 304 g/mol. The molecular formula is C15H16N2O5. The molecule has 0 aliphatic heterocycles. The van der Waals surface area contributed by atoms with E-state index in [1.54, 1.807) is 6.92 Å². The van der Waals surface area contributed by atoms with Crippen molar-refractivity contribution >= 4 is 11.9 Å². The van der Waals surface area contributed by atoms with E-state index in [2.05, 4.69) is 10.5 Å². The molecule has 0 saturated heterocycles. The predicted molar refractivity (Wildman–Crippen MR) is 76.5 cm³/mol. The Labute approximate surface area is 127 Å². The van der Waals surface area contributed by atoms with Crippen molar-refractivity contribution in [2.45, 2.75) is 6.92 Å². The molecular weight excluding hydrogens is 288 g/mol. The van der Waals surface area contributed by atoms with Crippen LogP contribution in [0.25, 0.3) is 0 Å². The Kier molecular flexibility index (Phi) is 5.53. The molecule has 0 spiro atoms. The van der Waals surface area contributed by atoms with E-state index in [0.29, 0.717) is 18.8 Å². The van der Waals surface area contributed by atoms with Crippen LogP contribution in [-0.4, -0.2) is 36.8 Å². The standard InChI is InChI=1S/C15H16N2O5/c1-11-9-13(22-17-11)15(19)21-10-14(18)16-7-8-20-12-5-3-2-4-6-12/h2-6,9H,7-8,10H2,1H3,(H,16,18). The summed E-state index contributed by atoms with van der Waals surface area (Å²) in [7, 11) is 0. The van der Waals surface area contributed by atoms with Gasteiger partial charge in [-0.2, -0.15) is 0 Å². The van der Waals surface area contributed by atoms with Crippen LogP contribution in [0.1, 0.15) is 16.2 Å². The minimum absolute atomic E-state index is 0.0299. The molecule has 7 heteroatoms. The van der Waals surface area contributed by atoms with Gasteiger partial charge in [-0.25, -0.2) is 4.79 Å². The molecule has 0 atom stereocenters. The third kappa shape index (κ3) is 4.93. The number of hydrogen-bond acceptors (Lipinski definition) is 6. The maximum atomic E-state index is 11.5. The maximum absolute atomic E-state index is 11.5. The normalized spacial score (nSPS) is 10.0. The molecule has 0 bridgehead atoms. The summed E-state index contributed by atoms with van der Waals surface area (Å²) in [6.07, 6.45) is 0. The number of nitrogens with one attached hydrogen (secondary N) is 1. The minimum atomic E-state index is -0.726. The van der Waals surface area contributed by atoms with Crippen LogP contribution in [0.2, 0.25) is 0 Å². The molecule has 0 saturated carbocycles. The van der Waals surface area contributed by atoms with Crippen LogP contribution in [0, 0.1) is 6.92 Å². The van der Waals surface area contributed by atoms with Crippen molar-refractivity contribution < 1.29 is 23.6 Å². The number of benzene rings is 1. The number of rotatable bonds is 7. The Morgan fingerprint density at radius 1 is 1.27 bits per heavy atom. The summed E-state index contributed by atoms with van der Waals surface area (Å²) in [4.78, 5) is 23.0. The Morgan fingerprint density at radius 2 is 2.05 bits per heavy atom. The van der Waals surface area contributed by atoms with Crippen LogP contribution in [0.5, 0.6) is 5.75 Å². The largest absolute Gasteiger partial charge is 0.492 e. The second-order valence-corrected chi connectivity index (χ2v) is 4.42. The zero-order chi connectivity index (χ0) is 15.8. The molecule has 0 fully saturated rings. The maximum Gasteiger partial charge on any atom is 0.377 e. The van der Waals surface area contributed by atoms with Crippen molar-refractivity contribution in [2.75, 3.05) is 19.8 Å². The number of carbonyl (C=O) groups excluding carboxylic acids is 2. The molecule has 2 aromatic rings. The van der Waals surface area contributed by atoms with E-state index in [0.717, 1.165) is 5.75 Å². The summed E-state index contributed by atoms with van der Waals surface area (Å²) in [5.74, 6) is -0.445. The molecule has 0 unspecified atom stereocenters. The quantitative estimate of drug-likeness (QED) is 0.613. The van der Waals surface area contributed by atoms with E-state index in [1.165, 1.54) is 6.07 Å². The lowest BCUT2D eigenvalue weighted by molar-refractivity contribution is -0.124. The zero-order valence-electron chi connectivity index (χ0n) is 12.1. The topological polar surface area (TPSA) is 90.7 Å². The number of aryl methyl sites for hydroxylation is 1. The first-order valence-electron chi connectivity index (χ1n) is 6.70. The molecule has 0 aliphatic rings. The number of carbonyl (C=O) groups is 2. The Bertz CT molecular complexity index is 624. The second-order valence-electron chi connectivity index (χ2n) is 4.42. The fraction of sp³-hybridized carbons (Fsp3) is 0.267. The number of nitrogens with zero attached hydrogens (tertiary/aromatic N) is 1. The summed E-state index contributed by atoms with van der Waals surface area (Å²) in [6.45, 7) is 1.93. The number of ether oxygens (including phenoxy) is 2. The average Bonchev–Trinajstić information content (AvgIpc) is 2.97. The van der Waals surface area contributed by atoms with Crippen LogP contribution in [-0.2, 0) is 9.53 Å². The lowest BCUT2D eigenvalue weighted by atomic mass is 10.3. The van der Waals surface area contributed by atoms with Gasteiger partial charge in [-0.05, 0) is 19.1 Å². The fourth-order valence-corrected chi connectivity index (χ4v) is 1.59. The van der Waals surface area contributed by atoms with Gasteiger partial charge in [0.25, 0.3) is 5.91 Å². The number of amides is 1. The first-order chi connectivity index (χ1) is 10.6. The van der Waals surface area contributed by atoms with Crippen molar-refractivity contribution in [3.63, 3.8) is 0 Å². The first-order valence-corrected chi connectivity index (χ1v) is 6.70. The molecule has 1 N–H and O–H groups in total. The number of para-hydroxylation sites is 1. The van der Waals surface area contributed by atoms with Crippen LogP contribution in [0.4, 0.5) is 0 Å². The molecule has 1 aromatic heterocycles. The highest BCUT2D eigenvalue weighted by Gasteiger charge is 2.14. The van der Waals surface area contributed by atoms with Gasteiger partial charge in [0, 0.05) is 6.07 Å². The van der Waals surface area contributed by atoms with Gasteiger partial charge < -0.3 is 19.3 Å². The van der Waals surface area contributed by atoms with Crippen LogP contribution in [0.15, 0.2) is 40.9 Å². The highest BCUT2D eigenvalue weighted by molar-refractivity contribution is 5.88. The lowest BCUT2D eigenvalue weighted by Crippen LogP contribution is -2.32. The Hall–Kier alpha value is -2.83. The van der Waals surface area contributed by atoms with Crippen molar-refractivity contribution in [3.05, 3.63) is 47.9 Å². The van der Waals surface area contributed by atoms with Gasteiger partial charge in [0.15, 0.2) is 6.61 Å². The second kappa shape index (κ2) is 7.82. The number of esters is 1. The highest BCUT2D eigenvalue weighted by Crippen LogP contribution is 2.07. The van der Waals surface area contributed by atoms with E-state index >= 15 is 0 Å². The van der Waals surface area contributed by atoms with E-state index < -0.39 is 11.9 Å². The predicted octanol–water partition coefficient (Wildman–Crippen LogP) is 1.34. The third-order valence-corrected chi connectivity index (χ3v) is 2.60. The Morgan fingerprint density at radius 3 is 2.73 bits per heavy atom. The molecule has 7 nitrogen and oxygen atoms in total. The van der Waals surface area contributed by atoms with E-state index in [-0.39, 0.29) is 12.4 Å². The van der Waals surface area contributed by atoms with Crippen molar-refractivity contribution in [1.82, 2.24) is 10.5 Å². The summed E-state index contributed by atoms with van der Waals surface area (Å²) < 4.78 is 14.9. The molecule has 1 heterocycles. The number of hydrogen-bond donors (Lipinski definition) is 1. The van der Waals surface area contributed by atoms with Gasteiger partial charge in [0.05, 0.1) is 12.2 Å². The molecule has 2 rings (SSSR count). The number of aromatic nitrogens is 1. The molecule has 1 amide bonds. The molecule has 0 aliphatic carbocycles. The van der Waals surface area contributed by atoms with Gasteiger partial charge in [0.2, 0.25) is 5.76 Å². The smallest absolute Gasteiger partial charge is 0.377 e. The fourth-order valence-electron chi connectivity index (χ4n) is 1.59. The summed E-state index contributed by atoms with van der Waals surface area (Å²) >= 11 is 0. The van der Waals surface area contributed by atoms with E-state index in [9.17, 15) is 9.59 Å². The van der Waals surface area contributed by atoms with Gasteiger partial charge in [-0.1, -0.05) is 23.4 Å². The van der Waals surface area contributed by atoms with Crippen LogP contribution in [0.3, 0.4) is 0 Å². The van der Waals surface area contributed by atoms with Crippen molar-refractivity contribution in [2.24, 2.45) is 0 Å². The SMILES string of the molecule is Cc1cc(C(=O)OCC(=O)NCCOc2ccccc2)on1. The first kappa shape index (κ1) is 15.6. The Balaban J connectivity index is 1.61. The van der Waals surface area contributed by atoms with Gasteiger partial charge in [0.1, 0.15) is 12.4 Å². The van der Waals surface area contributed by atoms with Gasteiger partial charge in [-0.15, -0.1) is 0 Å². The summed E-state index contributed by atoms with van der Waals surface area (Å²) in [5, 5.41) is 6.14. The molecule has 0 radical (unpaired) electrons. The molecule has 116 valence electrons. The third-order valence-electron chi connectivity index (χ3n) is 2.60. The van der Waals surface area contributed by atoms with Crippen LogP contribution >= 0.6 is 0 Å². The summed E-state index contributed by atoms with van der Waals surface area (Å²) in [5.41, 5.74) is 0.564. The van der Waals surface area contributed by atoms with Gasteiger partial charge >= 0.3 is 5.97 Å². The molecule has 22 heavy (non-hydrogen) atoms. The van der Waals surface area contributed by atoms with E-state index in [1.807, 2.05) is 30.3 Å². The van der Waals surface area contributed by atoms with E-state index in [4.69, 9.17) is 14.0 Å². The van der Waals surface area contributed by atoms with Crippen LogP contribution < -0.4 is 10.1 Å². The van der Waals surface area contributed by atoms with Crippen molar-refractivity contribution in [3.8, 4) is 5.75 Å². The summed E-state index contributed by atoms with van der Waals surface area (Å²) in [6, 6.07) is 10.7. The highest BCUT2D eigenvalue weighted by atomic mass is 16.6. The van der Waals surface area contributed by atoms with Crippen molar-refractivity contribution in [1.29, 1.82) is 0 Å². The lowest BCUT2D eigenvalue weighted by Gasteiger charge is -2.07. The zero-order valence-corrected chi connectivity index (χ0v) is 12.1. The van der Waals surface area contributed by atoms with Gasteiger partial charge in [-0.3, -0.25) is 4.79 Å².